The zero-order valence-corrected chi connectivity index (χ0v) is 12.3. The summed E-state index contributed by atoms with van der Waals surface area (Å²) in [4.78, 5) is 16.3. The Kier molecular flexibility index (Phi) is 4.15. The number of aromatic nitrogens is 1. The zero-order chi connectivity index (χ0) is 14.0. The van der Waals surface area contributed by atoms with Gasteiger partial charge in [-0.05, 0) is 44.7 Å². The van der Waals surface area contributed by atoms with Gasteiger partial charge in [-0.3, -0.25) is 9.78 Å². The van der Waals surface area contributed by atoms with Crippen LogP contribution in [0, 0.1) is 12.3 Å². The third-order valence-corrected chi connectivity index (χ3v) is 2.58. The van der Waals surface area contributed by atoms with E-state index in [1.54, 1.807) is 12.3 Å². The highest BCUT2D eigenvalue weighted by molar-refractivity contribution is 5.94. The van der Waals surface area contributed by atoms with Crippen molar-refractivity contribution in [3.05, 3.63) is 29.6 Å². The van der Waals surface area contributed by atoms with E-state index in [4.69, 9.17) is 0 Å². The lowest BCUT2D eigenvalue weighted by Crippen LogP contribution is -2.45. The molecule has 18 heavy (non-hydrogen) atoms. The van der Waals surface area contributed by atoms with Gasteiger partial charge in [0.05, 0.1) is 0 Å². The van der Waals surface area contributed by atoms with Crippen LogP contribution in [0.3, 0.4) is 0 Å². The number of nitrogens with one attached hydrogen (secondary N) is 1. The second kappa shape index (κ2) is 5.09. The van der Waals surface area contributed by atoms with Crippen molar-refractivity contribution in [2.45, 2.75) is 53.5 Å². The first kappa shape index (κ1) is 14.7. The third kappa shape index (κ3) is 4.86. The average molecular weight is 248 g/mol. The summed E-state index contributed by atoms with van der Waals surface area (Å²) in [5, 5.41) is 3.09. The topological polar surface area (TPSA) is 42.0 Å². The van der Waals surface area contributed by atoms with Gasteiger partial charge in [0.25, 0.3) is 5.91 Å². The number of nitrogens with zero attached hydrogens (tertiary/aromatic N) is 1. The van der Waals surface area contributed by atoms with Gasteiger partial charge in [-0.15, -0.1) is 0 Å². The van der Waals surface area contributed by atoms with Crippen molar-refractivity contribution in [1.29, 1.82) is 0 Å². The number of carbonyl (C=O) groups excluding carboxylic acids is 1. The van der Waals surface area contributed by atoms with E-state index in [0.717, 1.165) is 12.1 Å². The molecule has 0 aliphatic heterocycles. The summed E-state index contributed by atoms with van der Waals surface area (Å²) >= 11 is 0. The summed E-state index contributed by atoms with van der Waals surface area (Å²) in [5.74, 6) is -0.0326. The predicted molar refractivity (Wildman–Crippen MR) is 74.6 cm³/mol. The van der Waals surface area contributed by atoms with E-state index in [9.17, 15) is 4.79 Å². The van der Waals surface area contributed by atoms with Crippen molar-refractivity contribution in [2.75, 3.05) is 0 Å². The van der Waals surface area contributed by atoms with Gasteiger partial charge in [0.2, 0.25) is 0 Å². The van der Waals surface area contributed by atoms with Gasteiger partial charge in [-0.2, -0.15) is 0 Å². The number of carbonyl (C=O) groups is 1. The molecule has 100 valence electrons. The molecule has 1 heterocycles. The molecule has 0 aromatic carbocycles. The van der Waals surface area contributed by atoms with Gasteiger partial charge in [0.15, 0.2) is 0 Å². The Hall–Kier alpha value is -1.38. The smallest absolute Gasteiger partial charge is 0.251 e. The molecule has 3 heteroatoms. The molecular weight excluding hydrogens is 224 g/mol. The first-order chi connectivity index (χ1) is 8.09. The molecule has 0 saturated heterocycles. The van der Waals surface area contributed by atoms with E-state index in [-0.39, 0.29) is 16.9 Å². The second-order valence-corrected chi connectivity index (χ2v) is 6.76. The van der Waals surface area contributed by atoms with Crippen molar-refractivity contribution < 1.29 is 4.79 Å². The van der Waals surface area contributed by atoms with E-state index >= 15 is 0 Å². The molecule has 1 N–H and O–H groups in total. The molecule has 1 rings (SSSR count). The van der Waals surface area contributed by atoms with Gasteiger partial charge < -0.3 is 5.32 Å². The van der Waals surface area contributed by atoms with Crippen LogP contribution < -0.4 is 5.32 Å². The van der Waals surface area contributed by atoms with Crippen LogP contribution in [0.4, 0.5) is 0 Å². The first-order valence-corrected chi connectivity index (χ1v) is 6.34. The van der Waals surface area contributed by atoms with E-state index in [2.05, 4.69) is 44.9 Å². The summed E-state index contributed by atoms with van der Waals surface area (Å²) in [6.45, 7) is 12.5. The Balaban J connectivity index is 2.75. The highest BCUT2D eigenvalue weighted by Crippen LogP contribution is 2.27. The summed E-state index contributed by atoms with van der Waals surface area (Å²) in [5.41, 5.74) is 1.50. The quantitative estimate of drug-likeness (QED) is 0.891. The number of hydrogen-bond acceptors (Lipinski definition) is 2. The molecule has 0 aliphatic carbocycles. The lowest BCUT2D eigenvalue weighted by molar-refractivity contribution is 0.0891. The van der Waals surface area contributed by atoms with Crippen molar-refractivity contribution >= 4 is 5.91 Å². The lowest BCUT2D eigenvalue weighted by Gasteiger charge is -2.33. The SMILES string of the molecule is Cc1cc(C(=O)NC(C)(C)CC(C)(C)C)ccn1. The minimum atomic E-state index is -0.216. The van der Waals surface area contributed by atoms with Gasteiger partial charge in [0.1, 0.15) is 0 Å². The van der Waals surface area contributed by atoms with E-state index < -0.39 is 0 Å². The first-order valence-electron chi connectivity index (χ1n) is 6.34. The Morgan fingerprint density at radius 3 is 2.39 bits per heavy atom. The molecular formula is C15H24N2O. The largest absolute Gasteiger partial charge is 0.347 e. The molecule has 0 spiro atoms. The van der Waals surface area contributed by atoms with Gasteiger partial charge >= 0.3 is 0 Å². The molecule has 0 aliphatic rings. The van der Waals surface area contributed by atoms with Crippen LogP contribution in [0.1, 0.15) is 57.1 Å². The summed E-state index contributed by atoms with van der Waals surface area (Å²) in [6.07, 6.45) is 2.59. The van der Waals surface area contributed by atoms with E-state index in [0.29, 0.717) is 5.56 Å². The van der Waals surface area contributed by atoms with Gasteiger partial charge in [-0.1, -0.05) is 20.8 Å². The van der Waals surface area contributed by atoms with Crippen molar-refractivity contribution in [1.82, 2.24) is 10.3 Å². The fourth-order valence-electron chi connectivity index (χ4n) is 2.44. The van der Waals surface area contributed by atoms with Crippen molar-refractivity contribution in [3.8, 4) is 0 Å². The maximum atomic E-state index is 12.2. The number of aryl methyl sites for hydroxylation is 1. The number of pyridine rings is 1. The number of rotatable bonds is 3. The van der Waals surface area contributed by atoms with Gasteiger partial charge in [0, 0.05) is 23.0 Å². The maximum absolute atomic E-state index is 12.2. The summed E-state index contributed by atoms with van der Waals surface area (Å²) in [7, 11) is 0. The fourth-order valence-corrected chi connectivity index (χ4v) is 2.44. The predicted octanol–water partition coefficient (Wildman–Crippen LogP) is 3.33. The highest BCUT2D eigenvalue weighted by Gasteiger charge is 2.27. The third-order valence-electron chi connectivity index (χ3n) is 2.58. The molecule has 0 atom stereocenters. The minimum absolute atomic E-state index is 0.0326. The van der Waals surface area contributed by atoms with E-state index in [1.807, 2.05) is 13.0 Å². The van der Waals surface area contributed by atoms with Crippen LogP contribution in [0.15, 0.2) is 18.3 Å². The molecule has 0 saturated carbocycles. The standard InChI is InChI=1S/C15H24N2O/c1-11-9-12(7-8-16-11)13(18)17-15(5,6)10-14(2,3)4/h7-9H,10H2,1-6H3,(H,17,18). The molecule has 1 aromatic rings. The maximum Gasteiger partial charge on any atom is 0.251 e. The van der Waals surface area contributed by atoms with Crippen LogP contribution in [0.2, 0.25) is 0 Å². The molecule has 3 nitrogen and oxygen atoms in total. The molecule has 1 amide bonds. The molecule has 1 aromatic heterocycles. The molecule has 0 bridgehead atoms. The van der Waals surface area contributed by atoms with Crippen LogP contribution >= 0.6 is 0 Å². The summed E-state index contributed by atoms with van der Waals surface area (Å²) in [6, 6.07) is 3.55. The lowest BCUT2D eigenvalue weighted by atomic mass is 9.81. The highest BCUT2D eigenvalue weighted by atomic mass is 16.1. The molecule has 0 radical (unpaired) electrons. The van der Waals surface area contributed by atoms with Crippen LogP contribution in [-0.4, -0.2) is 16.4 Å². The Morgan fingerprint density at radius 2 is 1.89 bits per heavy atom. The molecule has 0 unspecified atom stereocenters. The second-order valence-electron chi connectivity index (χ2n) is 6.76. The van der Waals surface area contributed by atoms with Crippen LogP contribution in [0.5, 0.6) is 0 Å². The summed E-state index contributed by atoms with van der Waals surface area (Å²) < 4.78 is 0. The molecule has 0 fully saturated rings. The van der Waals surface area contributed by atoms with E-state index in [1.165, 1.54) is 0 Å². The Labute approximate surface area is 110 Å². The Bertz CT molecular complexity index is 430. The van der Waals surface area contributed by atoms with Crippen LogP contribution in [0.25, 0.3) is 0 Å². The average Bonchev–Trinajstić information content (AvgIpc) is 2.12. The monoisotopic (exact) mass is 248 g/mol. The zero-order valence-electron chi connectivity index (χ0n) is 12.3. The van der Waals surface area contributed by atoms with Crippen molar-refractivity contribution in [2.24, 2.45) is 5.41 Å². The number of amides is 1. The Morgan fingerprint density at radius 1 is 1.28 bits per heavy atom. The minimum Gasteiger partial charge on any atom is -0.347 e. The number of hydrogen-bond donors (Lipinski definition) is 1. The van der Waals surface area contributed by atoms with Crippen LogP contribution in [-0.2, 0) is 0 Å². The van der Waals surface area contributed by atoms with Crippen molar-refractivity contribution in [3.63, 3.8) is 0 Å². The van der Waals surface area contributed by atoms with Gasteiger partial charge in [-0.25, -0.2) is 0 Å². The fraction of sp³-hybridized carbons (Fsp3) is 0.600. The normalized spacial score (nSPS) is 12.3.